The number of hydrogen-bond donors (Lipinski definition) is 1. The monoisotopic (exact) mass is 278 g/mol. The van der Waals surface area contributed by atoms with Crippen LogP contribution in [-0.2, 0) is 9.59 Å². The van der Waals surface area contributed by atoms with E-state index in [0.29, 0.717) is 0 Å². The Balaban J connectivity index is 2.04. The van der Waals surface area contributed by atoms with Gasteiger partial charge in [-0.2, -0.15) is 0 Å². The van der Waals surface area contributed by atoms with Crippen molar-refractivity contribution in [2.75, 3.05) is 0 Å². The third-order valence-electron chi connectivity index (χ3n) is 3.15. The number of carbonyl (C=O) groups is 4. The third kappa shape index (κ3) is 1.46. The van der Waals surface area contributed by atoms with Gasteiger partial charge in [0.15, 0.2) is 11.4 Å². The van der Waals surface area contributed by atoms with Crippen LogP contribution >= 0.6 is 0 Å². The summed E-state index contributed by atoms with van der Waals surface area (Å²) >= 11 is 0. The number of nitrogens with one attached hydrogen (secondary N) is 1. The van der Waals surface area contributed by atoms with E-state index in [1.807, 2.05) is 0 Å². The molecule has 4 amide bonds. The average molecular weight is 278 g/mol. The molecule has 0 aliphatic carbocycles. The predicted molar refractivity (Wildman–Crippen MR) is 58.8 cm³/mol. The highest BCUT2D eigenvalue weighted by atomic mass is 19.1. The van der Waals surface area contributed by atoms with Crippen LogP contribution in [0.4, 0.5) is 4.39 Å². The van der Waals surface area contributed by atoms with E-state index in [4.69, 9.17) is 0 Å². The lowest BCUT2D eigenvalue weighted by molar-refractivity contribution is -0.151. The lowest BCUT2D eigenvalue weighted by atomic mass is 10.0. The minimum Gasteiger partial charge on any atom is -0.292 e. The van der Waals surface area contributed by atoms with Crippen LogP contribution in [0.3, 0.4) is 0 Å². The molecule has 0 spiro atoms. The van der Waals surface area contributed by atoms with Crippen molar-refractivity contribution < 1.29 is 23.6 Å². The first-order valence-electron chi connectivity index (χ1n) is 5.68. The second-order valence-corrected chi connectivity index (χ2v) is 4.34. The summed E-state index contributed by atoms with van der Waals surface area (Å²) < 4.78 is 14.8. The number of imide groups is 2. The molecule has 1 unspecified atom stereocenters. The zero-order valence-electron chi connectivity index (χ0n) is 9.92. The van der Waals surface area contributed by atoms with Gasteiger partial charge in [-0.05, 0) is 0 Å². The molecule has 2 aliphatic heterocycles. The van der Waals surface area contributed by atoms with Crippen molar-refractivity contribution in [3.63, 3.8) is 0 Å². The molecule has 20 heavy (non-hydrogen) atoms. The molecule has 102 valence electrons. The number of rotatable bonds is 1. The maximum atomic E-state index is 14.8. The maximum absolute atomic E-state index is 14.8. The molecule has 0 radical (unpaired) electrons. The highest BCUT2D eigenvalue weighted by Crippen LogP contribution is 2.33. The molecule has 1 N–H and O–H groups in total. The third-order valence-corrected chi connectivity index (χ3v) is 3.15. The Labute approximate surface area is 111 Å². The van der Waals surface area contributed by atoms with Crippen molar-refractivity contribution in [1.82, 2.24) is 20.2 Å². The van der Waals surface area contributed by atoms with Gasteiger partial charge in [0, 0.05) is 25.2 Å². The van der Waals surface area contributed by atoms with Crippen LogP contribution in [0.5, 0.6) is 0 Å². The number of nitrogens with zero attached hydrogens (tertiary/aromatic N) is 3. The van der Waals surface area contributed by atoms with Crippen LogP contribution in [0.25, 0.3) is 0 Å². The molecule has 1 fully saturated rings. The van der Waals surface area contributed by atoms with Gasteiger partial charge in [-0.25, -0.2) is 19.3 Å². The summed E-state index contributed by atoms with van der Waals surface area (Å²) in [5.41, 5.74) is -0.613. The first-order chi connectivity index (χ1) is 9.45. The summed E-state index contributed by atoms with van der Waals surface area (Å²) in [6, 6.07) is 0. The number of halogens is 1. The van der Waals surface area contributed by atoms with E-state index in [2.05, 4.69) is 9.97 Å². The zero-order valence-corrected chi connectivity index (χ0v) is 9.92. The smallest absolute Gasteiger partial charge is 0.285 e. The lowest BCUT2D eigenvalue weighted by Gasteiger charge is -2.33. The summed E-state index contributed by atoms with van der Waals surface area (Å²) in [6.07, 6.45) is 1.48. The van der Waals surface area contributed by atoms with E-state index in [1.54, 1.807) is 5.32 Å². The van der Waals surface area contributed by atoms with Crippen molar-refractivity contribution in [1.29, 1.82) is 0 Å². The number of aromatic nitrogens is 2. The maximum Gasteiger partial charge on any atom is 0.285 e. The quantitative estimate of drug-likeness (QED) is 0.530. The second-order valence-electron chi connectivity index (χ2n) is 4.34. The normalized spacial score (nSPS) is 25.8. The molecule has 8 nitrogen and oxygen atoms in total. The fraction of sp³-hybridized carbons (Fsp3) is 0.273. The van der Waals surface area contributed by atoms with Gasteiger partial charge in [0.2, 0.25) is 5.91 Å². The molecule has 0 aromatic carbocycles. The van der Waals surface area contributed by atoms with Crippen LogP contribution in [-0.4, -0.2) is 44.3 Å². The number of fused-ring (bicyclic) bond motifs is 1. The molecule has 1 aromatic rings. The Morgan fingerprint density at radius 1 is 1.10 bits per heavy atom. The van der Waals surface area contributed by atoms with Crippen molar-refractivity contribution in [3.05, 3.63) is 23.8 Å². The molecule has 3 heterocycles. The van der Waals surface area contributed by atoms with Gasteiger partial charge in [0.05, 0.1) is 0 Å². The van der Waals surface area contributed by atoms with E-state index in [1.165, 1.54) is 12.4 Å². The summed E-state index contributed by atoms with van der Waals surface area (Å²) in [7, 11) is 0. The van der Waals surface area contributed by atoms with Crippen molar-refractivity contribution in [2.45, 2.75) is 18.6 Å². The van der Waals surface area contributed by atoms with Crippen LogP contribution in [0.15, 0.2) is 12.4 Å². The predicted octanol–water partition coefficient (Wildman–Crippen LogP) is -0.825. The SMILES string of the molecule is O=C1CCC(F)(N2C(=O)c3nccnc3C2=O)C(=O)N1. The molecule has 0 bridgehead atoms. The zero-order chi connectivity index (χ0) is 14.5. The van der Waals surface area contributed by atoms with E-state index in [-0.39, 0.29) is 22.7 Å². The standard InChI is InChI=1S/C11H7FN4O4/c12-11(2-1-5(17)15-10(11)20)16-8(18)6-7(9(16)19)14-4-3-13-6/h3-4H,1-2H2,(H,15,17,20). The highest BCUT2D eigenvalue weighted by molar-refractivity contribution is 6.22. The number of piperidine rings is 1. The fourth-order valence-electron chi connectivity index (χ4n) is 2.17. The van der Waals surface area contributed by atoms with E-state index in [9.17, 15) is 23.6 Å². The molecular weight excluding hydrogens is 271 g/mol. The van der Waals surface area contributed by atoms with Crippen molar-refractivity contribution in [2.24, 2.45) is 0 Å². The van der Waals surface area contributed by atoms with Gasteiger partial charge in [-0.15, -0.1) is 0 Å². The minimum atomic E-state index is -2.90. The van der Waals surface area contributed by atoms with Crippen LogP contribution in [0.1, 0.15) is 33.8 Å². The molecule has 9 heteroatoms. The molecule has 0 saturated carbocycles. The van der Waals surface area contributed by atoms with Gasteiger partial charge in [-0.1, -0.05) is 0 Å². The first-order valence-corrected chi connectivity index (χ1v) is 5.68. The Morgan fingerprint density at radius 3 is 2.15 bits per heavy atom. The second kappa shape index (κ2) is 3.89. The molecule has 1 atom stereocenters. The van der Waals surface area contributed by atoms with E-state index < -0.39 is 35.8 Å². The first kappa shape index (κ1) is 12.3. The summed E-state index contributed by atoms with van der Waals surface area (Å²) in [4.78, 5) is 54.3. The summed E-state index contributed by atoms with van der Waals surface area (Å²) in [5, 5.41) is 1.77. The Morgan fingerprint density at radius 2 is 1.65 bits per heavy atom. The number of amides is 4. The Kier molecular flexibility index (Phi) is 2.40. The minimum absolute atomic E-state index is 0.180. The molecule has 3 rings (SSSR count). The van der Waals surface area contributed by atoms with E-state index >= 15 is 0 Å². The van der Waals surface area contributed by atoms with Gasteiger partial charge >= 0.3 is 0 Å². The fourth-order valence-corrected chi connectivity index (χ4v) is 2.17. The lowest BCUT2D eigenvalue weighted by Crippen LogP contribution is -2.62. The van der Waals surface area contributed by atoms with Gasteiger partial charge in [0.1, 0.15) is 0 Å². The van der Waals surface area contributed by atoms with Gasteiger partial charge in [-0.3, -0.25) is 24.5 Å². The van der Waals surface area contributed by atoms with Gasteiger partial charge in [0.25, 0.3) is 23.5 Å². The van der Waals surface area contributed by atoms with E-state index in [0.717, 1.165) is 0 Å². The van der Waals surface area contributed by atoms with Crippen LogP contribution in [0.2, 0.25) is 0 Å². The number of hydrogen-bond acceptors (Lipinski definition) is 6. The van der Waals surface area contributed by atoms with Crippen LogP contribution in [0, 0.1) is 0 Å². The molecule has 1 saturated heterocycles. The molecule has 2 aliphatic rings. The summed E-state index contributed by atoms with van der Waals surface area (Å²) in [5.74, 6) is -6.96. The molecular formula is C11H7FN4O4. The number of carbonyl (C=O) groups excluding carboxylic acids is 4. The van der Waals surface area contributed by atoms with Crippen molar-refractivity contribution >= 4 is 23.6 Å². The summed E-state index contributed by atoms with van der Waals surface area (Å²) in [6.45, 7) is 0. The molecule has 1 aromatic heterocycles. The topological polar surface area (TPSA) is 109 Å². The largest absolute Gasteiger partial charge is 0.292 e. The average Bonchev–Trinajstić information content (AvgIpc) is 2.68. The number of alkyl halides is 1. The van der Waals surface area contributed by atoms with Crippen LogP contribution < -0.4 is 5.32 Å². The van der Waals surface area contributed by atoms with Crippen molar-refractivity contribution in [3.8, 4) is 0 Å². The van der Waals surface area contributed by atoms with Gasteiger partial charge < -0.3 is 0 Å². The Bertz CT molecular complexity index is 641. The Hall–Kier alpha value is -2.71. The highest BCUT2D eigenvalue weighted by Gasteiger charge is 2.57.